The van der Waals surface area contributed by atoms with Crippen molar-refractivity contribution in [2.45, 2.75) is 38.8 Å². The van der Waals surface area contributed by atoms with Crippen LogP contribution in [0.25, 0.3) is 0 Å². The zero-order valence-corrected chi connectivity index (χ0v) is 11.8. The van der Waals surface area contributed by atoms with E-state index >= 15 is 0 Å². The van der Waals surface area contributed by atoms with Crippen molar-refractivity contribution in [1.29, 1.82) is 0 Å². The van der Waals surface area contributed by atoms with Crippen molar-refractivity contribution in [3.8, 4) is 0 Å². The molecule has 0 fully saturated rings. The molecule has 0 aliphatic heterocycles. The molecular weight excluding hydrogens is 230 g/mol. The van der Waals surface area contributed by atoms with E-state index in [1.54, 1.807) is 0 Å². The van der Waals surface area contributed by atoms with Gasteiger partial charge in [0.1, 0.15) is 0 Å². The Hall–Kier alpha value is -1.60. The van der Waals surface area contributed by atoms with Gasteiger partial charge in [0, 0.05) is 12.1 Å². The number of hydrogen-bond acceptors (Lipinski definition) is 1. The van der Waals surface area contributed by atoms with Crippen LogP contribution in [-0.4, -0.2) is 12.1 Å². The van der Waals surface area contributed by atoms with Crippen molar-refractivity contribution in [1.82, 2.24) is 5.32 Å². The van der Waals surface area contributed by atoms with Gasteiger partial charge in [-0.15, -0.1) is 0 Å². The number of rotatable bonds is 6. The monoisotopic (exact) mass is 253 g/mol. The van der Waals surface area contributed by atoms with Crippen molar-refractivity contribution in [2.75, 3.05) is 0 Å². The first-order chi connectivity index (χ1) is 9.24. The first-order valence-electron chi connectivity index (χ1n) is 7.08. The SMILES string of the molecule is CC(C)NC(Cc1ccccc1)Cc1ccccc1. The summed E-state index contributed by atoms with van der Waals surface area (Å²) in [5.41, 5.74) is 2.80. The standard InChI is InChI=1S/C18H23N/c1-15(2)19-18(13-16-9-5-3-6-10-16)14-17-11-7-4-8-12-17/h3-12,15,18-19H,13-14H2,1-2H3. The van der Waals surface area contributed by atoms with Crippen LogP contribution in [-0.2, 0) is 12.8 Å². The maximum Gasteiger partial charge on any atom is 0.0150 e. The van der Waals surface area contributed by atoms with E-state index in [1.165, 1.54) is 11.1 Å². The molecule has 0 heterocycles. The number of benzene rings is 2. The fraction of sp³-hybridized carbons (Fsp3) is 0.333. The second-order valence-corrected chi connectivity index (χ2v) is 5.40. The highest BCUT2D eigenvalue weighted by Crippen LogP contribution is 2.10. The molecule has 0 aliphatic carbocycles. The molecule has 0 aromatic heterocycles. The van der Waals surface area contributed by atoms with Crippen LogP contribution in [0.3, 0.4) is 0 Å². The second-order valence-electron chi connectivity index (χ2n) is 5.40. The van der Waals surface area contributed by atoms with Crippen molar-refractivity contribution in [2.24, 2.45) is 0 Å². The minimum Gasteiger partial charge on any atom is -0.311 e. The minimum atomic E-state index is 0.491. The molecule has 1 heteroatoms. The fourth-order valence-corrected chi connectivity index (χ4v) is 2.46. The quantitative estimate of drug-likeness (QED) is 0.825. The van der Waals surface area contributed by atoms with E-state index in [0.717, 1.165) is 12.8 Å². The summed E-state index contributed by atoms with van der Waals surface area (Å²) in [7, 11) is 0. The summed E-state index contributed by atoms with van der Waals surface area (Å²) in [5, 5.41) is 3.68. The van der Waals surface area contributed by atoms with E-state index in [9.17, 15) is 0 Å². The van der Waals surface area contributed by atoms with Crippen LogP contribution in [0.15, 0.2) is 60.7 Å². The molecule has 2 aromatic rings. The van der Waals surface area contributed by atoms with Crippen LogP contribution >= 0.6 is 0 Å². The lowest BCUT2D eigenvalue weighted by atomic mass is 9.98. The molecular formula is C18H23N. The van der Waals surface area contributed by atoms with Crippen LogP contribution in [0.2, 0.25) is 0 Å². The predicted octanol–water partition coefficient (Wildman–Crippen LogP) is 3.84. The highest BCUT2D eigenvalue weighted by Gasteiger charge is 2.11. The number of nitrogens with one attached hydrogen (secondary N) is 1. The fourth-order valence-electron chi connectivity index (χ4n) is 2.46. The Bertz CT molecular complexity index is 420. The first kappa shape index (κ1) is 13.8. The largest absolute Gasteiger partial charge is 0.311 e. The molecule has 0 bridgehead atoms. The van der Waals surface area contributed by atoms with Gasteiger partial charge in [-0.25, -0.2) is 0 Å². The van der Waals surface area contributed by atoms with Crippen molar-refractivity contribution >= 4 is 0 Å². The molecule has 0 spiro atoms. The predicted molar refractivity (Wildman–Crippen MR) is 82.4 cm³/mol. The molecule has 0 atom stereocenters. The highest BCUT2D eigenvalue weighted by atomic mass is 14.9. The normalized spacial score (nSPS) is 11.2. The van der Waals surface area contributed by atoms with Gasteiger partial charge in [0.2, 0.25) is 0 Å². The third-order valence-electron chi connectivity index (χ3n) is 3.22. The van der Waals surface area contributed by atoms with E-state index < -0.39 is 0 Å². The molecule has 2 rings (SSSR count). The Balaban J connectivity index is 2.03. The Morgan fingerprint density at radius 2 is 1.16 bits per heavy atom. The molecule has 19 heavy (non-hydrogen) atoms. The van der Waals surface area contributed by atoms with Gasteiger partial charge >= 0.3 is 0 Å². The van der Waals surface area contributed by atoms with Gasteiger partial charge in [0.25, 0.3) is 0 Å². The molecule has 2 aromatic carbocycles. The van der Waals surface area contributed by atoms with E-state index in [-0.39, 0.29) is 0 Å². The maximum absolute atomic E-state index is 3.68. The van der Waals surface area contributed by atoms with Gasteiger partial charge in [-0.3, -0.25) is 0 Å². The van der Waals surface area contributed by atoms with Crippen LogP contribution in [0.1, 0.15) is 25.0 Å². The summed E-state index contributed by atoms with van der Waals surface area (Å²) in [6.07, 6.45) is 2.15. The summed E-state index contributed by atoms with van der Waals surface area (Å²) in [4.78, 5) is 0. The summed E-state index contributed by atoms with van der Waals surface area (Å²) in [6, 6.07) is 22.4. The molecule has 1 N–H and O–H groups in total. The zero-order chi connectivity index (χ0) is 13.5. The minimum absolute atomic E-state index is 0.491. The average molecular weight is 253 g/mol. The van der Waals surface area contributed by atoms with Crippen LogP contribution < -0.4 is 5.32 Å². The van der Waals surface area contributed by atoms with Crippen LogP contribution in [0.4, 0.5) is 0 Å². The molecule has 0 saturated carbocycles. The lowest BCUT2D eigenvalue weighted by molar-refractivity contribution is 0.457. The third-order valence-corrected chi connectivity index (χ3v) is 3.22. The molecule has 0 unspecified atom stereocenters. The number of hydrogen-bond donors (Lipinski definition) is 1. The van der Waals surface area contributed by atoms with Gasteiger partial charge in [0.15, 0.2) is 0 Å². The lowest BCUT2D eigenvalue weighted by Crippen LogP contribution is -2.38. The van der Waals surface area contributed by atoms with Gasteiger partial charge in [0.05, 0.1) is 0 Å². The molecule has 1 nitrogen and oxygen atoms in total. The molecule has 0 amide bonds. The Kier molecular flexibility index (Phi) is 5.17. The topological polar surface area (TPSA) is 12.0 Å². The smallest absolute Gasteiger partial charge is 0.0150 e. The zero-order valence-electron chi connectivity index (χ0n) is 11.8. The Morgan fingerprint density at radius 1 is 0.737 bits per heavy atom. The third kappa shape index (κ3) is 4.88. The molecule has 0 radical (unpaired) electrons. The molecule has 0 aliphatic rings. The van der Waals surface area contributed by atoms with Gasteiger partial charge in [-0.05, 0) is 24.0 Å². The van der Waals surface area contributed by atoms with E-state index in [2.05, 4.69) is 79.8 Å². The van der Waals surface area contributed by atoms with Gasteiger partial charge < -0.3 is 5.32 Å². The Morgan fingerprint density at radius 3 is 1.53 bits per heavy atom. The van der Waals surface area contributed by atoms with Crippen molar-refractivity contribution in [3.63, 3.8) is 0 Å². The lowest BCUT2D eigenvalue weighted by Gasteiger charge is -2.21. The highest BCUT2D eigenvalue weighted by molar-refractivity contribution is 5.19. The molecule has 0 saturated heterocycles. The van der Waals surface area contributed by atoms with E-state index in [4.69, 9.17) is 0 Å². The van der Waals surface area contributed by atoms with Gasteiger partial charge in [-0.2, -0.15) is 0 Å². The van der Waals surface area contributed by atoms with Crippen LogP contribution in [0.5, 0.6) is 0 Å². The first-order valence-corrected chi connectivity index (χ1v) is 7.08. The van der Waals surface area contributed by atoms with Gasteiger partial charge in [-0.1, -0.05) is 74.5 Å². The van der Waals surface area contributed by atoms with Crippen molar-refractivity contribution in [3.05, 3.63) is 71.8 Å². The molecule has 100 valence electrons. The maximum atomic E-state index is 3.68. The van der Waals surface area contributed by atoms with E-state index in [0.29, 0.717) is 12.1 Å². The van der Waals surface area contributed by atoms with Crippen molar-refractivity contribution < 1.29 is 0 Å². The van der Waals surface area contributed by atoms with Crippen LogP contribution in [0, 0.1) is 0 Å². The average Bonchev–Trinajstić information content (AvgIpc) is 2.40. The summed E-state index contributed by atoms with van der Waals surface area (Å²) >= 11 is 0. The summed E-state index contributed by atoms with van der Waals surface area (Å²) in [6.45, 7) is 4.42. The second kappa shape index (κ2) is 7.10. The Labute approximate surface area is 116 Å². The van der Waals surface area contributed by atoms with E-state index in [1.807, 2.05) is 0 Å². The summed E-state index contributed by atoms with van der Waals surface area (Å²) in [5.74, 6) is 0. The summed E-state index contributed by atoms with van der Waals surface area (Å²) < 4.78 is 0.